The first-order chi connectivity index (χ1) is 6.36. The van der Waals surface area contributed by atoms with Crippen molar-refractivity contribution >= 4 is 11.3 Å². The zero-order valence-corrected chi connectivity index (χ0v) is 7.05. The second-order valence-electron chi connectivity index (χ2n) is 2.90. The van der Waals surface area contributed by atoms with Crippen molar-refractivity contribution in [2.75, 3.05) is 0 Å². The summed E-state index contributed by atoms with van der Waals surface area (Å²) in [4.78, 5) is 4.20. The largest absolute Gasteiger partial charge is 0.302 e. The van der Waals surface area contributed by atoms with Crippen molar-refractivity contribution in [2.45, 2.75) is 6.92 Å². The highest BCUT2D eigenvalue weighted by Gasteiger charge is 2.05. The summed E-state index contributed by atoms with van der Waals surface area (Å²) in [7, 11) is 0. The molecule has 0 saturated carbocycles. The van der Waals surface area contributed by atoms with Gasteiger partial charge in [0.1, 0.15) is 5.82 Å². The van der Waals surface area contributed by atoms with Gasteiger partial charge in [-0.15, -0.1) is 10.2 Å². The van der Waals surface area contributed by atoms with Gasteiger partial charge in [-0.05, 0) is 6.92 Å². The Morgan fingerprint density at radius 1 is 1.08 bits per heavy atom. The first-order valence-corrected chi connectivity index (χ1v) is 3.99. The van der Waals surface area contributed by atoms with E-state index in [1.165, 1.54) is 0 Å². The number of fused-ring (bicyclic) bond motifs is 3. The summed E-state index contributed by atoms with van der Waals surface area (Å²) in [6.45, 7) is 1.92. The number of imidazole rings is 1. The quantitative estimate of drug-likeness (QED) is 0.502. The zero-order chi connectivity index (χ0) is 8.84. The highest BCUT2D eigenvalue weighted by atomic mass is 15.3. The molecular formula is C8H7N5. The number of hydrogen-bond donors (Lipinski definition) is 0. The third-order valence-electron chi connectivity index (χ3n) is 2.11. The minimum absolute atomic E-state index is 0.796. The minimum atomic E-state index is 0.796. The molecule has 0 aliphatic carbocycles. The van der Waals surface area contributed by atoms with E-state index in [4.69, 9.17) is 0 Å². The van der Waals surface area contributed by atoms with Crippen molar-refractivity contribution in [3.63, 3.8) is 0 Å². The minimum Gasteiger partial charge on any atom is -0.302 e. The fourth-order valence-corrected chi connectivity index (χ4v) is 1.45. The maximum absolute atomic E-state index is 4.20. The van der Waals surface area contributed by atoms with Gasteiger partial charge in [0.15, 0.2) is 5.65 Å². The van der Waals surface area contributed by atoms with Crippen LogP contribution in [-0.2, 0) is 0 Å². The Morgan fingerprint density at radius 2 is 2.00 bits per heavy atom. The fourth-order valence-electron chi connectivity index (χ4n) is 1.45. The van der Waals surface area contributed by atoms with E-state index in [9.17, 15) is 0 Å². The molecule has 3 aromatic heterocycles. The van der Waals surface area contributed by atoms with E-state index in [2.05, 4.69) is 15.2 Å². The second-order valence-corrected chi connectivity index (χ2v) is 2.90. The number of nitrogens with zero attached hydrogens (tertiary/aromatic N) is 5. The molecule has 0 aromatic carbocycles. The van der Waals surface area contributed by atoms with Crippen LogP contribution in [0.15, 0.2) is 24.8 Å². The molecule has 0 aliphatic rings. The van der Waals surface area contributed by atoms with Gasteiger partial charge in [-0.3, -0.25) is 4.40 Å². The van der Waals surface area contributed by atoms with Crippen molar-refractivity contribution in [3.8, 4) is 0 Å². The van der Waals surface area contributed by atoms with Gasteiger partial charge in [-0.25, -0.2) is 4.98 Å². The molecule has 0 saturated heterocycles. The van der Waals surface area contributed by atoms with Crippen molar-refractivity contribution in [1.82, 2.24) is 24.0 Å². The summed E-state index contributed by atoms with van der Waals surface area (Å²) in [5.74, 6) is 0.875. The lowest BCUT2D eigenvalue weighted by Crippen LogP contribution is -1.92. The molecule has 0 amide bonds. The smallest absolute Gasteiger partial charge is 0.204 e. The van der Waals surface area contributed by atoms with Crippen LogP contribution in [0.1, 0.15) is 5.82 Å². The van der Waals surface area contributed by atoms with Crippen LogP contribution in [-0.4, -0.2) is 24.0 Å². The molecule has 0 unspecified atom stereocenters. The van der Waals surface area contributed by atoms with Crippen molar-refractivity contribution in [1.29, 1.82) is 0 Å². The predicted molar refractivity (Wildman–Crippen MR) is 46.5 cm³/mol. The van der Waals surface area contributed by atoms with Crippen LogP contribution in [0.2, 0.25) is 0 Å². The molecular weight excluding hydrogens is 166 g/mol. The summed E-state index contributed by atoms with van der Waals surface area (Å²) in [6, 6.07) is 0. The van der Waals surface area contributed by atoms with E-state index in [-0.39, 0.29) is 0 Å². The van der Waals surface area contributed by atoms with Crippen LogP contribution in [0.5, 0.6) is 0 Å². The maximum Gasteiger partial charge on any atom is 0.204 e. The monoisotopic (exact) mass is 173 g/mol. The lowest BCUT2D eigenvalue weighted by molar-refractivity contribution is 0.997. The number of aromatic nitrogens is 5. The van der Waals surface area contributed by atoms with E-state index in [1.54, 1.807) is 6.20 Å². The van der Waals surface area contributed by atoms with Gasteiger partial charge in [0, 0.05) is 24.8 Å². The van der Waals surface area contributed by atoms with Gasteiger partial charge in [0.25, 0.3) is 0 Å². The fraction of sp³-hybridized carbons (Fsp3) is 0.125. The van der Waals surface area contributed by atoms with Gasteiger partial charge in [0.05, 0.1) is 0 Å². The molecule has 3 heterocycles. The molecule has 0 atom stereocenters. The van der Waals surface area contributed by atoms with Crippen LogP contribution in [0.25, 0.3) is 11.3 Å². The summed E-state index contributed by atoms with van der Waals surface area (Å²) >= 11 is 0. The molecule has 3 rings (SSSR count). The summed E-state index contributed by atoms with van der Waals surface area (Å²) in [5, 5.41) is 8.03. The molecule has 3 aromatic rings. The van der Waals surface area contributed by atoms with E-state index in [0.717, 1.165) is 17.1 Å². The molecule has 0 aliphatic heterocycles. The number of aryl methyl sites for hydroxylation is 1. The third kappa shape index (κ3) is 0.729. The van der Waals surface area contributed by atoms with Crippen LogP contribution in [0.4, 0.5) is 0 Å². The number of hydrogen-bond acceptors (Lipinski definition) is 3. The molecule has 0 radical (unpaired) electrons. The molecule has 5 heteroatoms. The molecule has 0 spiro atoms. The van der Waals surface area contributed by atoms with Gasteiger partial charge < -0.3 is 4.40 Å². The lowest BCUT2D eigenvalue weighted by Gasteiger charge is -1.95. The first-order valence-electron chi connectivity index (χ1n) is 3.99. The van der Waals surface area contributed by atoms with Crippen LogP contribution in [0.3, 0.4) is 0 Å². The highest BCUT2D eigenvalue weighted by Crippen LogP contribution is 2.08. The Morgan fingerprint density at radius 3 is 2.92 bits per heavy atom. The van der Waals surface area contributed by atoms with Gasteiger partial charge >= 0.3 is 0 Å². The SMILES string of the molecule is Cc1nnc2c3nccn3ccn12. The molecule has 0 fully saturated rings. The van der Waals surface area contributed by atoms with E-state index >= 15 is 0 Å². The normalized spacial score (nSPS) is 11.5. The maximum atomic E-state index is 4.20. The topological polar surface area (TPSA) is 47.5 Å². The van der Waals surface area contributed by atoms with E-state index < -0.39 is 0 Å². The average molecular weight is 173 g/mol. The Balaban J connectivity index is 2.66. The Kier molecular flexibility index (Phi) is 1.05. The second kappa shape index (κ2) is 2.07. The molecule has 0 bridgehead atoms. The van der Waals surface area contributed by atoms with Crippen LogP contribution in [0, 0.1) is 6.92 Å². The van der Waals surface area contributed by atoms with Gasteiger partial charge in [0.2, 0.25) is 5.65 Å². The van der Waals surface area contributed by atoms with Crippen molar-refractivity contribution in [2.24, 2.45) is 0 Å². The van der Waals surface area contributed by atoms with Crippen molar-refractivity contribution in [3.05, 3.63) is 30.6 Å². The van der Waals surface area contributed by atoms with E-state index in [1.807, 2.05) is 34.3 Å². The summed E-state index contributed by atoms with van der Waals surface area (Å²) in [5.41, 5.74) is 1.63. The molecule has 5 nitrogen and oxygen atoms in total. The standard InChI is InChI=1S/C8H7N5/c1-6-10-11-8-7-9-2-3-12(7)4-5-13(6)8/h2-5H,1H3. The zero-order valence-electron chi connectivity index (χ0n) is 7.05. The predicted octanol–water partition coefficient (Wildman–Crippen LogP) is 0.685. The van der Waals surface area contributed by atoms with Crippen molar-refractivity contribution < 1.29 is 0 Å². The van der Waals surface area contributed by atoms with Crippen LogP contribution < -0.4 is 0 Å². The van der Waals surface area contributed by atoms with E-state index in [0.29, 0.717) is 0 Å². The summed E-state index contributed by atoms with van der Waals surface area (Å²) < 4.78 is 3.84. The van der Waals surface area contributed by atoms with Gasteiger partial charge in [-0.2, -0.15) is 0 Å². The summed E-state index contributed by atoms with van der Waals surface area (Å²) in [6.07, 6.45) is 7.50. The third-order valence-corrected chi connectivity index (χ3v) is 2.11. The lowest BCUT2D eigenvalue weighted by atomic mass is 10.6. The van der Waals surface area contributed by atoms with Gasteiger partial charge in [-0.1, -0.05) is 0 Å². The number of rotatable bonds is 0. The average Bonchev–Trinajstić information content (AvgIpc) is 2.70. The highest BCUT2D eigenvalue weighted by molar-refractivity contribution is 5.65. The Bertz CT molecular complexity index is 576. The van der Waals surface area contributed by atoms with Crippen LogP contribution >= 0.6 is 0 Å². The molecule has 64 valence electrons. The first kappa shape index (κ1) is 6.59. The Hall–Kier alpha value is -1.91. The molecule has 0 N–H and O–H groups in total. The Labute approximate surface area is 73.7 Å². The molecule has 13 heavy (non-hydrogen) atoms.